The molecule has 1 amide bonds. The fourth-order valence-corrected chi connectivity index (χ4v) is 1.14. The number of amides is 1. The minimum absolute atomic E-state index is 0.0859. The van der Waals surface area contributed by atoms with E-state index in [-0.39, 0.29) is 18.9 Å². The summed E-state index contributed by atoms with van der Waals surface area (Å²) in [5, 5.41) is 23.3. The maximum Gasteiger partial charge on any atom is 0.306 e. The normalized spacial score (nSPS) is 14.4. The Morgan fingerprint density at radius 3 is 2.24 bits per heavy atom. The van der Waals surface area contributed by atoms with Gasteiger partial charge in [-0.05, 0) is 12.8 Å². The van der Waals surface area contributed by atoms with Gasteiger partial charge in [-0.3, -0.25) is 9.59 Å². The Bertz CT molecular complexity index is 256. The molecule has 0 aliphatic heterocycles. The zero-order valence-corrected chi connectivity index (χ0v) is 10.6. The molecule has 0 aliphatic rings. The Morgan fingerprint density at radius 2 is 1.76 bits per heavy atom. The van der Waals surface area contributed by atoms with Crippen molar-refractivity contribution < 1.29 is 19.8 Å². The molecule has 2 atom stereocenters. The van der Waals surface area contributed by atoms with Gasteiger partial charge >= 0.3 is 5.97 Å². The van der Waals surface area contributed by atoms with E-state index in [0.717, 1.165) is 0 Å². The van der Waals surface area contributed by atoms with Crippen LogP contribution in [0.15, 0.2) is 0 Å². The summed E-state index contributed by atoms with van der Waals surface area (Å²) in [5.41, 5.74) is 0. The Morgan fingerprint density at radius 1 is 1.18 bits per heavy atom. The van der Waals surface area contributed by atoms with E-state index in [1.165, 1.54) is 0 Å². The molecule has 0 saturated carbocycles. The molecule has 17 heavy (non-hydrogen) atoms. The summed E-state index contributed by atoms with van der Waals surface area (Å²) in [6, 6.07) is -0.447. The van der Waals surface area contributed by atoms with Gasteiger partial charge in [0.2, 0.25) is 5.91 Å². The highest BCUT2D eigenvalue weighted by Gasteiger charge is 2.15. The van der Waals surface area contributed by atoms with Gasteiger partial charge in [-0.1, -0.05) is 13.8 Å². The van der Waals surface area contributed by atoms with Gasteiger partial charge in [0.15, 0.2) is 0 Å². The molecule has 0 fully saturated rings. The molecule has 100 valence electrons. The van der Waals surface area contributed by atoms with E-state index >= 15 is 0 Å². The van der Waals surface area contributed by atoms with E-state index < -0.39 is 18.1 Å². The molecule has 0 rings (SSSR count). The number of aliphatic carboxylic acids is 1. The molecule has 0 aromatic heterocycles. The van der Waals surface area contributed by atoms with Gasteiger partial charge in [-0.15, -0.1) is 0 Å². The molecular formula is C11H22N2O4. The summed E-state index contributed by atoms with van der Waals surface area (Å²) < 4.78 is 0. The number of hydrogen-bond donors (Lipinski definition) is 4. The zero-order valence-electron chi connectivity index (χ0n) is 10.6. The van der Waals surface area contributed by atoms with Crippen LogP contribution >= 0.6 is 0 Å². The second-order valence-corrected chi connectivity index (χ2v) is 4.52. The molecule has 0 aliphatic carbocycles. The standard InChI is InChI=1S/C11H22N2O4/c1-7(2)5-13-11(17)8(3)12-6-9(14)4-10(15)16/h7-9,12,14H,4-6H2,1-3H3,(H,13,17)(H,15,16). The van der Waals surface area contributed by atoms with Crippen molar-refractivity contribution in [3.63, 3.8) is 0 Å². The predicted molar refractivity (Wildman–Crippen MR) is 63.6 cm³/mol. The average Bonchev–Trinajstić information content (AvgIpc) is 2.21. The van der Waals surface area contributed by atoms with E-state index in [2.05, 4.69) is 10.6 Å². The molecule has 0 aromatic carbocycles. The highest BCUT2D eigenvalue weighted by molar-refractivity contribution is 5.81. The lowest BCUT2D eigenvalue weighted by molar-refractivity contribution is -0.139. The number of rotatable bonds is 8. The first-order chi connectivity index (χ1) is 7.82. The van der Waals surface area contributed by atoms with Crippen molar-refractivity contribution in [1.29, 1.82) is 0 Å². The van der Waals surface area contributed by atoms with Crippen LogP contribution in [0.25, 0.3) is 0 Å². The lowest BCUT2D eigenvalue weighted by Crippen LogP contribution is -2.45. The lowest BCUT2D eigenvalue weighted by atomic mass is 10.2. The monoisotopic (exact) mass is 246 g/mol. The number of aliphatic hydroxyl groups excluding tert-OH is 1. The molecule has 6 heteroatoms. The maximum absolute atomic E-state index is 11.5. The van der Waals surface area contributed by atoms with E-state index in [1.807, 2.05) is 13.8 Å². The molecule has 6 nitrogen and oxygen atoms in total. The number of carbonyl (C=O) groups excluding carboxylic acids is 1. The second-order valence-electron chi connectivity index (χ2n) is 4.52. The minimum Gasteiger partial charge on any atom is -0.481 e. The van der Waals surface area contributed by atoms with Gasteiger partial charge in [0.1, 0.15) is 0 Å². The van der Waals surface area contributed by atoms with Crippen molar-refractivity contribution in [3.8, 4) is 0 Å². The smallest absolute Gasteiger partial charge is 0.306 e. The zero-order chi connectivity index (χ0) is 13.4. The van der Waals surface area contributed by atoms with E-state index in [0.29, 0.717) is 12.5 Å². The van der Waals surface area contributed by atoms with Crippen LogP contribution in [0, 0.1) is 5.92 Å². The Labute approximate surface area is 101 Å². The molecule has 0 radical (unpaired) electrons. The number of hydrogen-bond acceptors (Lipinski definition) is 4. The molecule has 0 aromatic rings. The summed E-state index contributed by atoms with van der Waals surface area (Å²) in [6.07, 6.45) is -1.30. The minimum atomic E-state index is -1.06. The van der Waals surface area contributed by atoms with Crippen LogP contribution in [0.4, 0.5) is 0 Å². The largest absolute Gasteiger partial charge is 0.481 e. The number of carbonyl (C=O) groups is 2. The van der Waals surface area contributed by atoms with Gasteiger partial charge in [-0.2, -0.15) is 0 Å². The topological polar surface area (TPSA) is 98.7 Å². The molecule has 4 N–H and O–H groups in total. The van der Waals surface area contributed by atoms with Crippen LogP contribution in [-0.2, 0) is 9.59 Å². The van der Waals surface area contributed by atoms with Gasteiger partial charge in [0.25, 0.3) is 0 Å². The third-order valence-corrected chi connectivity index (χ3v) is 2.15. The Hall–Kier alpha value is -1.14. The first-order valence-corrected chi connectivity index (χ1v) is 5.73. The van der Waals surface area contributed by atoms with E-state index in [9.17, 15) is 14.7 Å². The average molecular weight is 246 g/mol. The molecule has 0 bridgehead atoms. The highest BCUT2D eigenvalue weighted by atomic mass is 16.4. The van der Waals surface area contributed by atoms with E-state index in [1.54, 1.807) is 6.92 Å². The van der Waals surface area contributed by atoms with Crippen molar-refractivity contribution >= 4 is 11.9 Å². The third kappa shape index (κ3) is 8.65. The summed E-state index contributed by atoms with van der Waals surface area (Å²) in [4.78, 5) is 21.8. The summed E-state index contributed by atoms with van der Waals surface area (Å²) in [7, 11) is 0. The van der Waals surface area contributed by atoms with Gasteiger partial charge in [0.05, 0.1) is 18.6 Å². The van der Waals surface area contributed by atoms with Crippen LogP contribution in [0.3, 0.4) is 0 Å². The molecule has 0 spiro atoms. The summed E-state index contributed by atoms with van der Waals surface area (Å²) in [6.45, 7) is 6.35. The maximum atomic E-state index is 11.5. The molecule has 2 unspecified atom stereocenters. The third-order valence-electron chi connectivity index (χ3n) is 2.15. The van der Waals surface area contributed by atoms with Gasteiger partial charge in [0, 0.05) is 13.1 Å². The summed E-state index contributed by atoms with van der Waals surface area (Å²) >= 11 is 0. The Balaban J connectivity index is 3.80. The lowest BCUT2D eigenvalue weighted by Gasteiger charge is -2.16. The van der Waals surface area contributed by atoms with Crippen LogP contribution in [0.5, 0.6) is 0 Å². The van der Waals surface area contributed by atoms with Gasteiger partial charge < -0.3 is 20.8 Å². The van der Waals surface area contributed by atoms with Crippen LogP contribution in [-0.4, -0.2) is 47.3 Å². The highest BCUT2D eigenvalue weighted by Crippen LogP contribution is 1.92. The second kappa shape index (κ2) is 8.03. The van der Waals surface area contributed by atoms with Crippen molar-refractivity contribution in [2.45, 2.75) is 39.3 Å². The summed E-state index contributed by atoms with van der Waals surface area (Å²) in [5.74, 6) is -0.832. The van der Waals surface area contributed by atoms with Crippen LogP contribution < -0.4 is 10.6 Å². The van der Waals surface area contributed by atoms with Crippen LogP contribution in [0.2, 0.25) is 0 Å². The fourth-order valence-electron chi connectivity index (χ4n) is 1.14. The number of carboxylic acids is 1. The Kier molecular flexibility index (Phi) is 7.49. The van der Waals surface area contributed by atoms with Crippen LogP contribution in [0.1, 0.15) is 27.2 Å². The molecule has 0 saturated heterocycles. The van der Waals surface area contributed by atoms with Crippen molar-refractivity contribution in [2.75, 3.05) is 13.1 Å². The quantitative estimate of drug-likeness (QED) is 0.466. The van der Waals surface area contributed by atoms with Crippen molar-refractivity contribution in [1.82, 2.24) is 10.6 Å². The molecular weight excluding hydrogens is 224 g/mol. The number of carboxylic acid groups (broad SMARTS) is 1. The molecule has 0 heterocycles. The predicted octanol–water partition coefficient (Wildman–Crippen LogP) is -0.428. The fraction of sp³-hybridized carbons (Fsp3) is 0.818. The van der Waals surface area contributed by atoms with Crippen molar-refractivity contribution in [2.24, 2.45) is 5.92 Å². The number of aliphatic hydroxyl groups is 1. The van der Waals surface area contributed by atoms with E-state index in [4.69, 9.17) is 5.11 Å². The first-order valence-electron chi connectivity index (χ1n) is 5.73. The first kappa shape index (κ1) is 15.9. The van der Waals surface area contributed by atoms with Crippen molar-refractivity contribution in [3.05, 3.63) is 0 Å². The SMILES string of the molecule is CC(C)CNC(=O)C(C)NCC(O)CC(=O)O. The van der Waals surface area contributed by atoms with Gasteiger partial charge in [-0.25, -0.2) is 0 Å². The number of nitrogens with one attached hydrogen (secondary N) is 2.